The summed E-state index contributed by atoms with van der Waals surface area (Å²) in [5, 5.41) is 14.3. The number of carbonyl (C=O) groups excluding carboxylic acids is 1. The molecule has 1 saturated heterocycles. The van der Waals surface area contributed by atoms with Crippen LogP contribution in [0.25, 0.3) is 11.3 Å². The van der Waals surface area contributed by atoms with Gasteiger partial charge in [0.05, 0.1) is 35.8 Å². The Labute approximate surface area is 223 Å². The fraction of sp³-hybridized carbons (Fsp3) is 0.593. The number of rotatable bonds is 10. The van der Waals surface area contributed by atoms with Gasteiger partial charge >= 0.3 is 12.1 Å². The summed E-state index contributed by atoms with van der Waals surface area (Å²) in [7, 11) is 0. The third-order valence-electron chi connectivity index (χ3n) is 7.82. The highest BCUT2D eigenvalue weighted by atomic mass is 19.4. The van der Waals surface area contributed by atoms with Crippen LogP contribution in [0.1, 0.15) is 63.5 Å². The molecular formula is C27H33F5N4O3. The highest BCUT2D eigenvalue weighted by Gasteiger charge is 2.38. The summed E-state index contributed by atoms with van der Waals surface area (Å²) >= 11 is 0. The third-order valence-corrected chi connectivity index (χ3v) is 7.82. The second-order valence-electron chi connectivity index (χ2n) is 10.5. The fourth-order valence-corrected chi connectivity index (χ4v) is 5.74. The monoisotopic (exact) mass is 556 g/mol. The molecule has 2 heterocycles. The van der Waals surface area contributed by atoms with E-state index in [1.165, 1.54) is 35.9 Å². The predicted molar refractivity (Wildman–Crippen MR) is 135 cm³/mol. The van der Waals surface area contributed by atoms with Gasteiger partial charge in [-0.25, -0.2) is 8.78 Å². The maximum absolute atomic E-state index is 13.9. The molecule has 1 saturated carbocycles. The Morgan fingerprint density at radius 2 is 1.92 bits per heavy atom. The van der Waals surface area contributed by atoms with Crippen LogP contribution in [0.15, 0.2) is 30.3 Å². The Kier molecular flexibility index (Phi) is 8.63. The normalized spacial score (nSPS) is 20.1. The predicted octanol–water partition coefficient (Wildman–Crippen LogP) is 5.86. The number of carboxylic acids is 1. The van der Waals surface area contributed by atoms with E-state index in [9.17, 15) is 36.6 Å². The van der Waals surface area contributed by atoms with Crippen LogP contribution in [0.3, 0.4) is 0 Å². The summed E-state index contributed by atoms with van der Waals surface area (Å²) in [5.41, 5.74) is -0.733. The molecule has 1 aliphatic carbocycles. The van der Waals surface area contributed by atoms with Gasteiger partial charge in [0, 0.05) is 24.6 Å². The van der Waals surface area contributed by atoms with Crippen molar-refractivity contribution in [1.29, 1.82) is 0 Å². The number of aromatic nitrogens is 2. The zero-order valence-corrected chi connectivity index (χ0v) is 21.7. The summed E-state index contributed by atoms with van der Waals surface area (Å²) in [6.07, 6.45) is -0.834. The first-order chi connectivity index (χ1) is 18.4. The third kappa shape index (κ3) is 6.59. The van der Waals surface area contributed by atoms with Crippen molar-refractivity contribution in [3.63, 3.8) is 0 Å². The van der Waals surface area contributed by atoms with Gasteiger partial charge in [0.2, 0.25) is 6.41 Å². The molecule has 0 spiro atoms. The van der Waals surface area contributed by atoms with E-state index in [2.05, 4.69) is 5.10 Å². The molecular weight excluding hydrogens is 523 g/mol. The van der Waals surface area contributed by atoms with E-state index in [0.717, 1.165) is 23.8 Å². The molecule has 1 aromatic heterocycles. The van der Waals surface area contributed by atoms with Crippen LogP contribution >= 0.6 is 0 Å². The first-order valence-corrected chi connectivity index (χ1v) is 13.2. The standard InChI is InChI=1S/C27H33F5N4O3/c1-18(25(38)39)22(11-14-34-13-6-12-26(28,29)16-34)35(17-37)24-15-23(36(33-24)19-7-2-3-8-19)20-9-4-5-10-21(20)27(30,31)32/h4-5,9-10,15,17-19,22H,2-3,6-8,11-14,16H2,1H3,(H,38,39)/t18-,22+/m1/s1. The van der Waals surface area contributed by atoms with Crippen molar-refractivity contribution in [2.24, 2.45) is 5.92 Å². The van der Waals surface area contributed by atoms with E-state index in [-0.39, 0.29) is 42.5 Å². The van der Waals surface area contributed by atoms with E-state index in [0.29, 0.717) is 32.2 Å². The number of aliphatic carboxylic acids is 1. The first-order valence-electron chi connectivity index (χ1n) is 13.2. The number of anilines is 1. The van der Waals surface area contributed by atoms with E-state index in [1.807, 2.05) is 0 Å². The summed E-state index contributed by atoms with van der Waals surface area (Å²) in [5.74, 6) is -5.07. The molecule has 2 atom stereocenters. The largest absolute Gasteiger partial charge is 0.481 e. The van der Waals surface area contributed by atoms with Crippen LogP contribution in [-0.2, 0) is 15.8 Å². The zero-order valence-electron chi connectivity index (χ0n) is 21.7. The van der Waals surface area contributed by atoms with Crippen molar-refractivity contribution < 1.29 is 36.6 Å². The number of hydrogen-bond acceptors (Lipinski definition) is 4. The van der Waals surface area contributed by atoms with Gasteiger partial charge < -0.3 is 5.11 Å². The number of benzene rings is 1. The van der Waals surface area contributed by atoms with Crippen molar-refractivity contribution in [3.05, 3.63) is 35.9 Å². The highest BCUT2D eigenvalue weighted by Crippen LogP contribution is 2.41. The smallest absolute Gasteiger partial charge is 0.417 e. The van der Waals surface area contributed by atoms with E-state index in [1.54, 1.807) is 4.90 Å². The minimum absolute atomic E-state index is 0.0333. The average Bonchev–Trinajstić information content (AvgIpc) is 3.55. The molecule has 1 N–H and O–H groups in total. The number of hydrogen-bond donors (Lipinski definition) is 1. The van der Waals surface area contributed by atoms with Crippen molar-refractivity contribution >= 4 is 18.2 Å². The second kappa shape index (κ2) is 11.6. The van der Waals surface area contributed by atoms with Crippen LogP contribution < -0.4 is 4.90 Å². The number of likely N-dealkylation sites (tertiary alicyclic amines) is 1. The summed E-state index contributed by atoms with van der Waals surface area (Å²) in [6, 6.07) is 5.42. The summed E-state index contributed by atoms with van der Waals surface area (Å²) in [6.45, 7) is 1.54. The van der Waals surface area contributed by atoms with Gasteiger partial charge in [-0.05, 0) is 45.2 Å². The van der Waals surface area contributed by atoms with Crippen molar-refractivity contribution in [2.75, 3.05) is 24.5 Å². The Balaban J connectivity index is 1.72. The van der Waals surface area contributed by atoms with Gasteiger partial charge in [0.15, 0.2) is 5.82 Å². The molecule has 214 valence electrons. The van der Waals surface area contributed by atoms with Gasteiger partial charge in [0.25, 0.3) is 5.92 Å². The molecule has 1 aliphatic heterocycles. The summed E-state index contributed by atoms with van der Waals surface area (Å²) < 4.78 is 71.1. The molecule has 0 radical (unpaired) electrons. The van der Waals surface area contributed by atoms with E-state index >= 15 is 0 Å². The number of carboxylic acid groups (broad SMARTS) is 1. The maximum atomic E-state index is 13.9. The van der Waals surface area contributed by atoms with Gasteiger partial charge in [0.1, 0.15) is 0 Å². The minimum atomic E-state index is -4.62. The molecule has 0 bridgehead atoms. The quantitative estimate of drug-likeness (QED) is 0.293. The van der Waals surface area contributed by atoms with Gasteiger partial charge in [-0.15, -0.1) is 0 Å². The first kappa shape index (κ1) is 29.0. The van der Waals surface area contributed by atoms with Crippen LogP contribution in [-0.4, -0.2) is 63.8 Å². The highest BCUT2D eigenvalue weighted by molar-refractivity contribution is 5.80. The Morgan fingerprint density at radius 1 is 1.23 bits per heavy atom. The lowest BCUT2D eigenvalue weighted by atomic mass is 9.96. The fourth-order valence-electron chi connectivity index (χ4n) is 5.74. The molecule has 1 amide bonds. The Hall–Kier alpha value is -3.02. The number of carbonyl (C=O) groups is 2. The SMILES string of the molecule is C[C@@H](C(=O)O)[C@H](CCN1CCCC(F)(F)C1)N(C=O)c1cc(-c2ccccc2C(F)(F)F)n(C2CCCC2)n1. The average molecular weight is 557 g/mol. The van der Waals surface area contributed by atoms with Gasteiger partial charge in [-0.2, -0.15) is 18.3 Å². The van der Waals surface area contributed by atoms with Crippen molar-refractivity contribution in [1.82, 2.24) is 14.7 Å². The lowest BCUT2D eigenvalue weighted by molar-refractivity contribution is -0.142. The molecule has 7 nitrogen and oxygen atoms in total. The number of nitrogens with zero attached hydrogens (tertiary/aromatic N) is 4. The van der Waals surface area contributed by atoms with E-state index in [4.69, 9.17) is 0 Å². The molecule has 39 heavy (non-hydrogen) atoms. The number of alkyl halides is 5. The summed E-state index contributed by atoms with van der Waals surface area (Å²) in [4.78, 5) is 27.1. The lowest BCUT2D eigenvalue weighted by Gasteiger charge is -2.35. The minimum Gasteiger partial charge on any atom is -0.481 e. The molecule has 2 fully saturated rings. The Morgan fingerprint density at radius 3 is 2.54 bits per heavy atom. The molecule has 2 aromatic rings. The lowest BCUT2D eigenvalue weighted by Crippen LogP contribution is -2.47. The number of amides is 1. The maximum Gasteiger partial charge on any atom is 0.417 e. The van der Waals surface area contributed by atoms with Gasteiger partial charge in [-0.3, -0.25) is 24.1 Å². The van der Waals surface area contributed by atoms with Crippen molar-refractivity contribution in [2.45, 2.75) is 76.1 Å². The molecule has 12 heteroatoms. The second-order valence-corrected chi connectivity index (χ2v) is 10.5. The Bertz CT molecular complexity index is 1160. The molecule has 0 unspecified atom stereocenters. The van der Waals surface area contributed by atoms with Crippen LogP contribution in [0, 0.1) is 5.92 Å². The molecule has 1 aromatic carbocycles. The molecule has 4 rings (SSSR count). The number of halogens is 5. The van der Waals surface area contributed by atoms with E-state index < -0.39 is 42.1 Å². The zero-order chi connectivity index (χ0) is 28.4. The van der Waals surface area contributed by atoms with Crippen molar-refractivity contribution in [3.8, 4) is 11.3 Å². The van der Waals surface area contributed by atoms with Gasteiger partial charge in [-0.1, -0.05) is 31.0 Å². The topological polar surface area (TPSA) is 78.7 Å². The van der Waals surface area contributed by atoms with Crippen LogP contribution in [0.4, 0.5) is 27.8 Å². The molecule has 2 aliphatic rings. The number of piperidine rings is 1. The van der Waals surface area contributed by atoms with Crippen LogP contribution in [0.5, 0.6) is 0 Å². The van der Waals surface area contributed by atoms with Crippen LogP contribution in [0.2, 0.25) is 0 Å².